The Hall–Kier alpha value is -1.83. The molecule has 0 fully saturated rings. The number of hydrogen-bond donors (Lipinski definition) is 0. The van der Waals surface area contributed by atoms with Gasteiger partial charge >= 0.3 is 5.63 Å². The van der Waals surface area contributed by atoms with E-state index >= 15 is 0 Å². The van der Waals surface area contributed by atoms with E-state index in [4.69, 9.17) is 4.42 Å². The normalized spacial score (nSPS) is 11.6. The zero-order valence-electron chi connectivity index (χ0n) is 9.19. The summed E-state index contributed by atoms with van der Waals surface area (Å²) >= 11 is 0. The lowest BCUT2D eigenvalue weighted by Gasteiger charge is -1.86. The average molecular weight is 204 g/mol. The summed E-state index contributed by atoms with van der Waals surface area (Å²) < 4.78 is 4.94. The summed E-state index contributed by atoms with van der Waals surface area (Å²) in [5.74, 6) is 0. The Labute approximate surface area is 89.6 Å². The molecule has 1 aromatic rings. The molecule has 2 heteroatoms. The first-order valence-electron chi connectivity index (χ1n) is 4.83. The van der Waals surface area contributed by atoms with Crippen molar-refractivity contribution in [3.8, 4) is 0 Å². The molecule has 15 heavy (non-hydrogen) atoms. The second-order valence-electron chi connectivity index (χ2n) is 2.38. The molecule has 0 aliphatic carbocycles. The third-order valence-electron chi connectivity index (χ3n) is 1.46. The van der Waals surface area contributed by atoms with Gasteiger partial charge in [-0.15, -0.1) is 0 Å². The van der Waals surface area contributed by atoms with E-state index in [1.165, 1.54) is 6.07 Å². The Bertz CT molecular complexity index is 478. The Balaban J connectivity index is 0.000000921. The van der Waals surface area contributed by atoms with E-state index in [9.17, 15) is 4.79 Å². The molecule has 0 amide bonds. The van der Waals surface area contributed by atoms with Gasteiger partial charge in [-0.1, -0.05) is 45.2 Å². The quantitative estimate of drug-likeness (QED) is 0.732. The van der Waals surface area contributed by atoms with Gasteiger partial charge in [-0.2, -0.15) is 0 Å². The van der Waals surface area contributed by atoms with Crippen LogP contribution in [-0.2, 0) is 0 Å². The fourth-order valence-electron chi connectivity index (χ4n) is 0.943. The molecule has 0 radical (unpaired) electrons. The summed E-state index contributed by atoms with van der Waals surface area (Å²) in [6.07, 6.45) is 6.60. The molecule has 0 bridgehead atoms. The molecule has 0 N–H and O–H groups in total. The SMILES string of the molecule is C=C/C=c1/ccc(=O)o/c1=C/C=C.CC. The summed E-state index contributed by atoms with van der Waals surface area (Å²) in [6.45, 7) is 11.1. The lowest BCUT2D eigenvalue weighted by molar-refractivity contribution is 0.474. The van der Waals surface area contributed by atoms with Crippen molar-refractivity contribution in [1.29, 1.82) is 0 Å². The van der Waals surface area contributed by atoms with Gasteiger partial charge in [-0.3, -0.25) is 0 Å². The van der Waals surface area contributed by atoms with Crippen LogP contribution in [0.1, 0.15) is 13.8 Å². The molecule has 0 saturated heterocycles. The van der Waals surface area contributed by atoms with Gasteiger partial charge in [-0.05, 0) is 12.1 Å². The van der Waals surface area contributed by atoms with Crippen molar-refractivity contribution in [3.05, 3.63) is 58.5 Å². The topological polar surface area (TPSA) is 30.2 Å². The summed E-state index contributed by atoms with van der Waals surface area (Å²) in [5, 5.41) is 0.814. The lowest BCUT2D eigenvalue weighted by Crippen LogP contribution is -2.27. The number of rotatable bonds is 2. The van der Waals surface area contributed by atoms with E-state index in [1.54, 1.807) is 30.4 Å². The van der Waals surface area contributed by atoms with E-state index in [0.29, 0.717) is 5.42 Å². The fraction of sp³-hybridized carbons (Fsp3) is 0.154. The van der Waals surface area contributed by atoms with Crippen LogP contribution >= 0.6 is 0 Å². The van der Waals surface area contributed by atoms with Crippen molar-refractivity contribution in [1.82, 2.24) is 0 Å². The summed E-state index contributed by atoms with van der Waals surface area (Å²) in [6, 6.07) is 3.05. The molecular weight excluding hydrogens is 188 g/mol. The monoisotopic (exact) mass is 204 g/mol. The zero-order chi connectivity index (χ0) is 11.7. The van der Waals surface area contributed by atoms with E-state index in [0.717, 1.165) is 5.22 Å². The van der Waals surface area contributed by atoms with Crippen molar-refractivity contribution in [2.45, 2.75) is 13.8 Å². The molecule has 1 aromatic heterocycles. The van der Waals surface area contributed by atoms with E-state index < -0.39 is 0 Å². The number of hydrogen-bond acceptors (Lipinski definition) is 2. The summed E-state index contributed by atoms with van der Waals surface area (Å²) in [4.78, 5) is 10.9. The number of allylic oxidation sites excluding steroid dienone is 2. The predicted octanol–water partition coefficient (Wildman–Crippen LogP) is 1.60. The maximum Gasteiger partial charge on any atom is 0.336 e. The Morgan fingerprint density at radius 3 is 2.27 bits per heavy atom. The Morgan fingerprint density at radius 2 is 1.73 bits per heavy atom. The highest BCUT2D eigenvalue weighted by atomic mass is 16.4. The van der Waals surface area contributed by atoms with Gasteiger partial charge in [0, 0.05) is 11.3 Å². The predicted molar refractivity (Wildman–Crippen MR) is 64.9 cm³/mol. The minimum atomic E-state index is -0.366. The smallest absolute Gasteiger partial charge is 0.336 e. The van der Waals surface area contributed by atoms with Crippen LogP contribution in [0.3, 0.4) is 0 Å². The molecule has 0 aliphatic rings. The second-order valence-corrected chi connectivity index (χ2v) is 2.38. The molecule has 0 spiro atoms. The zero-order valence-corrected chi connectivity index (χ0v) is 9.19. The van der Waals surface area contributed by atoms with Crippen LogP contribution in [0.5, 0.6) is 0 Å². The van der Waals surface area contributed by atoms with Crippen LogP contribution in [0.2, 0.25) is 0 Å². The third kappa shape index (κ3) is 4.27. The van der Waals surface area contributed by atoms with Gasteiger partial charge in [0.15, 0.2) is 0 Å². The first-order valence-corrected chi connectivity index (χ1v) is 4.83. The minimum Gasteiger partial charge on any atom is -0.423 e. The highest BCUT2D eigenvalue weighted by molar-refractivity contribution is 5.39. The molecule has 1 heterocycles. The molecule has 0 aromatic carbocycles. The molecule has 0 atom stereocenters. The average Bonchev–Trinajstić information content (AvgIpc) is 2.26. The van der Waals surface area contributed by atoms with Crippen LogP contribution < -0.4 is 16.3 Å². The maximum atomic E-state index is 10.9. The highest BCUT2D eigenvalue weighted by Gasteiger charge is 1.87. The van der Waals surface area contributed by atoms with Crippen LogP contribution in [-0.4, -0.2) is 0 Å². The van der Waals surface area contributed by atoms with Gasteiger partial charge in [0.25, 0.3) is 0 Å². The first-order chi connectivity index (χ1) is 7.27. The van der Waals surface area contributed by atoms with Crippen LogP contribution in [0.25, 0.3) is 12.2 Å². The molecular formula is C13H16O2. The van der Waals surface area contributed by atoms with E-state index in [-0.39, 0.29) is 5.63 Å². The highest BCUT2D eigenvalue weighted by Crippen LogP contribution is 1.68. The van der Waals surface area contributed by atoms with Crippen molar-refractivity contribution >= 4 is 12.2 Å². The van der Waals surface area contributed by atoms with Gasteiger partial charge in [0.2, 0.25) is 0 Å². The molecule has 2 nitrogen and oxygen atoms in total. The maximum absolute atomic E-state index is 10.9. The van der Waals surface area contributed by atoms with Crippen molar-refractivity contribution < 1.29 is 4.42 Å². The van der Waals surface area contributed by atoms with E-state index in [1.807, 2.05) is 13.8 Å². The van der Waals surface area contributed by atoms with Crippen LogP contribution in [0.4, 0.5) is 0 Å². The molecule has 80 valence electrons. The van der Waals surface area contributed by atoms with Crippen molar-refractivity contribution in [3.63, 3.8) is 0 Å². The molecule has 0 unspecified atom stereocenters. The lowest BCUT2D eigenvalue weighted by atomic mass is 10.3. The minimum absolute atomic E-state index is 0.366. The first kappa shape index (κ1) is 13.2. The summed E-state index contributed by atoms with van der Waals surface area (Å²) in [5.41, 5.74) is 0.136. The van der Waals surface area contributed by atoms with Crippen LogP contribution in [0.15, 0.2) is 46.7 Å². The van der Waals surface area contributed by atoms with Gasteiger partial charge in [0.1, 0.15) is 5.42 Å². The van der Waals surface area contributed by atoms with Crippen LogP contribution in [0, 0.1) is 0 Å². The van der Waals surface area contributed by atoms with E-state index in [2.05, 4.69) is 13.2 Å². The van der Waals surface area contributed by atoms with Gasteiger partial charge < -0.3 is 4.42 Å². The standard InChI is InChI=1S/C11H10O2.C2H6/c1-3-5-9-7-8-11(12)13-10(9)6-4-2;1-2/h3-8H,1-2H2;1-2H3/b9-5-,10-6+;. The molecule has 0 aliphatic heterocycles. The van der Waals surface area contributed by atoms with Crippen molar-refractivity contribution in [2.24, 2.45) is 0 Å². The second kappa shape index (κ2) is 7.56. The summed E-state index contributed by atoms with van der Waals surface area (Å²) in [7, 11) is 0. The van der Waals surface area contributed by atoms with Gasteiger partial charge in [-0.25, -0.2) is 4.79 Å². The molecule has 0 saturated carbocycles. The third-order valence-corrected chi connectivity index (χ3v) is 1.46. The Morgan fingerprint density at radius 1 is 1.13 bits per heavy atom. The Kier molecular flexibility index (Phi) is 6.64. The fourth-order valence-corrected chi connectivity index (χ4v) is 0.943. The van der Waals surface area contributed by atoms with Crippen molar-refractivity contribution in [2.75, 3.05) is 0 Å². The van der Waals surface area contributed by atoms with Gasteiger partial charge in [0.05, 0.1) is 0 Å². The largest absolute Gasteiger partial charge is 0.423 e. The molecule has 1 rings (SSSR count).